The van der Waals surface area contributed by atoms with Gasteiger partial charge in [-0.05, 0) is 25.5 Å². The summed E-state index contributed by atoms with van der Waals surface area (Å²) in [5.41, 5.74) is 9.60. The quantitative estimate of drug-likeness (QED) is 0.803. The van der Waals surface area contributed by atoms with Crippen molar-refractivity contribution < 1.29 is 0 Å². The molecule has 2 aromatic rings. The van der Waals surface area contributed by atoms with Gasteiger partial charge < -0.3 is 5.73 Å². The Labute approximate surface area is 88.8 Å². The van der Waals surface area contributed by atoms with E-state index in [1.54, 1.807) is 6.20 Å². The van der Waals surface area contributed by atoms with E-state index in [9.17, 15) is 0 Å². The van der Waals surface area contributed by atoms with Crippen LogP contribution >= 0.6 is 0 Å². The zero-order valence-electron chi connectivity index (χ0n) is 8.94. The smallest absolute Gasteiger partial charge is 0.0730 e. The molecule has 2 rings (SSSR count). The van der Waals surface area contributed by atoms with Crippen LogP contribution in [0.15, 0.2) is 24.5 Å². The molecule has 0 aliphatic carbocycles. The van der Waals surface area contributed by atoms with Gasteiger partial charge in [-0.3, -0.25) is 9.67 Å². The maximum absolute atomic E-state index is 5.72. The Bertz CT molecular complexity index is 456. The zero-order valence-corrected chi connectivity index (χ0v) is 8.94. The SMILES string of the molecule is Cc1ccc(Cn2ncc(N)c2C)cn1. The maximum Gasteiger partial charge on any atom is 0.0730 e. The summed E-state index contributed by atoms with van der Waals surface area (Å²) >= 11 is 0. The second-order valence-corrected chi connectivity index (χ2v) is 3.65. The van der Waals surface area contributed by atoms with E-state index >= 15 is 0 Å². The number of anilines is 1. The van der Waals surface area contributed by atoms with Crippen LogP contribution in [0.1, 0.15) is 17.0 Å². The molecule has 0 radical (unpaired) electrons. The van der Waals surface area contributed by atoms with Crippen molar-refractivity contribution in [3.05, 3.63) is 41.5 Å². The molecule has 0 atom stereocenters. The topological polar surface area (TPSA) is 56.7 Å². The predicted octanol–water partition coefficient (Wildman–Crippen LogP) is 1.53. The summed E-state index contributed by atoms with van der Waals surface area (Å²) in [5.74, 6) is 0. The number of hydrogen-bond donors (Lipinski definition) is 1. The highest BCUT2D eigenvalue weighted by Gasteiger charge is 2.03. The lowest BCUT2D eigenvalue weighted by Gasteiger charge is -2.04. The maximum atomic E-state index is 5.72. The largest absolute Gasteiger partial charge is 0.396 e. The molecule has 0 unspecified atom stereocenters. The molecule has 2 aromatic heterocycles. The van der Waals surface area contributed by atoms with Crippen LogP contribution in [0.4, 0.5) is 5.69 Å². The minimum Gasteiger partial charge on any atom is -0.396 e. The second-order valence-electron chi connectivity index (χ2n) is 3.65. The van der Waals surface area contributed by atoms with Gasteiger partial charge in [0.25, 0.3) is 0 Å². The highest BCUT2D eigenvalue weighted by Crippen LogP contribution is 2.10. The van der Waals surface area contributed by atoms with Crippen molar-refractivity contribution in [3.63, 3.8) is 0 Å². The van der Waals surface area contributed by atoms with Crippen LogP contribution < -0.4 is 5.73 Å². The summed E-state index contributed by atoms with van der Waals surface area (Å²) in [7, 11) is 0. The molecule has 0 aromatic carbocycles. The third-order valence-electron chi connectivity index (χ3n) is 2.45. The zero-order chi connectivity index (χ0) is 10.8. The van der Waals surface area contributed by atoms with Gasteiger partial charge in [0.1, 0.15) is 0 Å². The summed E-state index contributed by atoms with van der Waals surface area (Å²) in [4.78, 5) is 4.24. The molecule has 0 amide bonds. The number of aromatic nitrogens is 3. The molecule has 2 N–H and O–H groups in total. The van der Waals surface area contributed by atoms with Gasteiger partial charge in [-0.2, -0.15) is 5.10 Å². The normalized spacial score (nSPS) is 10.5. The Morgan fingerprint density at radius 3 is 2.60 bits per heavy atom. The van der Waals surface area contributed by atoms with Gasteiger partial charge in [-0.1, -0.05) is 6.07 Å². The molecule has 4 nitrogen and oxygen atoms in total. The molecule has 0 fully saturated rings. The monoisotopic (exact) mass is 202 g/mol. The van der Waals surface area contributed by atoms with Crippen LogP contribution in [0, 0.1) is 13.8 Å². The Morgan fingerprint density at radius 2 is 2.07 bits per heavy atom. The molecule has 78 valence electrons. The van der Waals surface area contributed by atoms with Gasteiger partial charge >= 0.3 is 0 Å². The van der Waals surface area contributed by atoms with E-state index in [1.165, 1.54) is 0 Å². The predicted molar refractivity (Wildman–Crippen MR) is 59.5 cm³/mol. The third kappa shape index (κ3) is 1.98. The van der Waals surface area contributed by atoms with Crippen molar-refractivity contribution in [3.8, 4) is 0 Å². The fraction of sp³-hybridized carbons (Fsp3) is 0.273. The van der Waals surface area contributed by atoms with Crippen LogP contribution in [0.25, 0.3) is 0 Å². The molecular formula is C11H14N4. The fourth-order valence-electron chi connectivity index (χ4n) is 1.39. The van der Waals surface area contributed by atoms with Crippen molar-refractivity contribution in [2.24, 2.45) is 0 Å². The van der Waals surface area contributed by atoms with Gasteiger partial charge in [0, 0.05) is 11.9 Å². The molecule has 2 heterocycles. The number of rotatable bonds is 2. The highest BCUT2D eigenvalue weighted by molar-refractivity contribution is 5.39. The third-order valence-corrected chi connectivity index (χ3v) is 2.45. The fourth-order valence-corrected chi connectivity index (χ4v) is 1.39. The number of nitrogens with two attached hydrogens (primary N) is 1. The number of pyridine rings is 1. The lowest BCUT2D eigenvalue weighted by Crippen LogP contribution is -2.04. The van der Waals surface area contributed by atoms with Gasteiger partial charge in [0.05, 0.1) is 24.1 Å². The van der Waals surface area contributed by atoms with Gasteiger partial charge in [0.2, 0.25) is 0 Å². The van der Waals surface area contributed by atoms with E-state index in [1.807, 2.05) is 30.8 Å². The van der Waals surface area contributed by atoms with Crippen molar-refractivity contribution >= 4 is 5.69 Å². The molecule has 0 spiro atoms. The average Bonchev–Trinajstić information content (AvgIpc) is 2.53. The molecule has 0 saturated carbocycles. The first-order chi connectivity index (χ1) is 7.16. The standard InChI is InChI=1S/C11H14N4/c1-8-3-4-10(5-13-8)7-15-9(2)11(12)6-14-15/h3-6H,7,12H2,1-2H3. The molecular weight excluding hydrogens is 188 g/mol. The van der Waals surface area contributed by atoms with Crippen LogP contribution in [0.5, 0.6) is 0 Å². The number of hydrogen-bond acceptors (Lipinski definition) is 3. The molecule has 4 heteroatoms. The molecule has 0 aliphatic rings. The first-order valence-corrected chi connectivity index (χ1v) is 4.86. The van der Waals surface area contributed by atoms with Gasteiger partial charge in [-0.25, -0.2) is 0 Å². The molecule has 0 bridgehead atoms. The molecule has 15 heavy (non-hydrogen) atoms. The van der Waals surface area contributed by atoms with Crippen molar-refractivity contribution in [1.29, 1.82) is 0 Å². The Balaban J connectivity index is 2.22. The first-order valence-electron chi connectivity index (χ1n) is 4.86. The van der Waals surface area contributed by atoms with E-state index in [2.05, 4.69) is 16.1 Å². The van der Waals surface area contributed by atoms with Crippen molar-refractivity contribution in [2.45, 2.75) is 20.4 Å². The second kappa shape index (κ2) is 3.73. The van der Waals surface area contributed by atoms with Crippen molar-refractivity contribution in [2.75, 3.05) is 5.73 Å². The van der Waals surface area contributed by atoms with Crippen LogP contribution in [0.2, 0.25) is 0 Å². The van der Waals surface area contributed by atoms with Gasteiger partial charge in [0.15, 0.2) is 0 Å². The van der Waals surface area contributed by atoms with Crippen molar-refractivity contribution in [1.82, 2.24) is 14.8 Å². The summed E-state index contributed by atoms with van der Waals surface area (Å²) in [6.07, 6.45) is 3.55. The lowest BCUT2D eigenvalue weighted by atomic mass is 10.2. The summed E-state index contributed by atoms with van der Waals surface area (Å²) in [6, 6.07) is 4.05. The summed E-state index contributed by atoms with van der Waals surface area (Å²) in [5, 5.41) is 4.20. The van der Waals surface area contributed by atoms with Crippen LogP contribution in [-0.2, 0) is 6.54 Å². The van der Waals surface area contributed by atoms with E-state index in [0.29, 0.717) is 0 Å². The average molecular weight is 202 g/mol. The molecule has 0 saturated heterocycles. The molecule has 0 aliphatic heterocycles. The Kier molecular flexibility index (Phi) is 2.41. The van der Waals surface area contributed by atoms with Crippen LogP contribution in [0.3, 0.4) is 0 Å². The summed E-state index contributed by atoms with van der Waals surface area (Å²) < 4.78 is 1.88. The number of aryl methyl sites for hydroxylation is 1. The van der Waals surface area contributed by atoms with Gasteiger partial charge in [-0.15, -0.1) is 0 Å². The number of nitrogen functional groups attached to an aromatic ring is 1. The van der Waals surface area contributed by atoms with Crippen LogP contribution in [-0.4, -0.2) is 14.8 Å². The minimum atomic E-state index is 0.719. The lowest BCUT2D eigenvalue weighted by molar-refractivity contribution is 0.663. The Hall–Kier alpha value is -1.84. The first kappa shape index (κ1) is 9.71. The summed E-state index contributed by atoms with van der Waals surface area (Å²) in [6.45, 7) is 4.65. The minimum absolute atomic E-state index is 0.719. The highest BCUT2D eigenvalue weighted by atomic mass is 15.3. The van der Waals surface area contributed by atoms with E-state index in [-0.39, 0.29) is 0 Å². The number of nitrogens with zero attached hydrogens (tertiary/aromatic N) is 3. The van der Waals surface area contributed by atoms with E-state index < -0.39 is 0 Å². The van der Waals surface area contributed by atoms with E-state index in [0.717, 1.165) is 29.2 Å². The Morgan fingerprint density at radius 1 is 1.27 bits per heavy atom. The van der Waals surface area contributed by atoms with E-state index in [4.69, 9.17) is 5.73 Å².